The summed E-state index contributed by atoms with van der Waals surface area (Å²) in [5.74, 6) is -1.42. The van der Waals surface area contributed by atoms with Crippen LogP contribution in [0.2, 0.25) is 0 Å². The molecule has 1 aliphatic rings. The fraction of sp³-hybridized carbons (Fsp3) is 0.308. The van der Waals surface area contributed by atoms with Crippen molar-refractivity contribution in [3.05, 3.63) is 41.9 Å². The van der Waals surface area contributed by atoms with Gasteiger partial charge in [-0.1, -0.05) is 6.08 Å². The van der Waals surface area contributed by atoms with Crippen LogP contribution in [0.4, 0.5) is 23.2 Å². The maximum Gasteiger partial charge on any atom is 0.419 e. The van der Waals surface area contributed by atoms with Gasteiger partial charge in [0.15, 0.2) is 5.78 Å². The van der Waals surface area contributed by atoms with E-state index in [1.807, 2.05) is 0 Å². The van der Waals surface area contributed by atoms with E-state index in [0.717, 1.165) is 12.1 Å². The van der Waals surface area contributed by atoms with Crippen LogP contribution in [0.5, 0.6) is 0 Å². The average Bonchev–Trinajstić information content (AvgIpc) is 2.32. The number of benzene rings is 1. The Kier molecular flexibility index (Phi) is 3.34. The normalized spacial score (nSPS) is 19.9. The zero-order chi connectivity index (χ0) is 14.2. The lowest BCUT2D eigenvalue weighted by atomic mass is 10.0. The number of carbonyl (C=O) groups excluding carboxylic acids is 1. The molecule has 0 saturated carbocycles. The van der Waals surface area contributed by atoms with Crippen LogP contribution in [0, 0.1) is 5.82 Å². The molecule has 19 heavy (non-hydrogen) atoms. The van der Waals surface area contributed by atoms with E-state index in [4.69, 9.17) is 0 Å². The van der Waals surface area contributed by atoms with Crippen LogP contribution in [0.25, 0.3) is 0 Å². The Hall–Kier alpha value is -1.85. The minimum Gasteiger partial charge on any atom is -0.338 e. The topological polar surface area (TPSA) is 20.3 Å². The molecule has 1 atom stereocenters. The van der Waals surface area contributed by atoms with Gasteiger partial charge in [0.1, 0.15) is 5.82 Å². The van der Waals surface area contributed by atoms with Crippen LogP contribution >= 0.6 is 0 Å². The number of Topliss-reactive ketones (excluding diaryl/α,β-unsaturated/α-hetero) is 1. The van der Waals surface area contributed by atoms with Crippen molar-refractivity contribution in [2.24, 2.45) is 0 Å². The van der Waals surface area contributed by atoms with Gasteiger partial charge in [-0.3, -0.25) is 4.79 Å². The molecule has 1 unspecified atom stereocenters. The quantitative estimate of drug-likeness (QED) is 0.730. The van der Waals surface area contributed by atoms with Crippen LogP contribution in [0.1, 0.15) is 18.9 Å². The first kappa shape index (κ1) is 13.6. The highest BCUT2D eigenvalue weighted by molar-refractivity contribution is 5.90. The van der Waals surface area contributed by atoms with E-state index in [9.17, 15) is 22.4 Å². The number of ketones is 1. The molecular weight excluding hydrogens is 262 g/mol. The SMILES string of the molecule is CC1C(=O)CC=CN1c1ccc(F)c(C(F)(F)F)c1. The Morgan fingerprint density at radius 3 is 2.63 bits per heavy atom. The molecular formula is C13H11F4NO. The zero-order valence-corrected chi connectivity index (χ0v) is 10.0. The summed E-state index contributed by atoms with van der Waals surface area (Å²) >= 11 is 0. The van der Waals surface area contributed by atoms with E-state index >= 15 is 0 Å². The summed E-state index contributed by atoms with van der Waals surface area (Å²) in [6.45, 7) is 1.60. The number of carbonyl (C=O) groups is 1. The van der Waals surface area contributed by atoms with Crippen molar-refractivity contribution >= 4 is 11.5 Å². The van der Waals surface area contributed by atoms with E-state index < -0.39 is 23.6 Å². The van der Waals surface area contributed by atoms with Gasteiger partial charge in [0, 0.05) is 18.3 Å². The second-order valence-corrected chi connectivity index (χ2v) is 4.30. The highest BCUT2D eigenvalue weighted by atomic mass is 19.4. The maximum absolute atomic E-state index is 13.2. The Morgan fingerprint density at radius 2 is 2.00 bits per heavy atom. The molecule has 2 nitrogen and oxygen atoms in total. The number of allylic oxidation sites excluding steroid dienone is 1. The molecule has 0 radical (unpaired) electrons. The summed E-state index contributed by atoms with van der Waals surface area (Å²) in [4.78, 5) is 12.9. The third kappa shape index (κ3) is 2.62. The van der Waals surface area contributed by atoms with Gasteiger partial charge < -0.3 is 4.90 Å². The van der Waals surface area contributed by atoms with Gasteiger partial charge in [-0.2, -0.15) is 13.2 Å². The molecule has 0 spiro atoms. The lowest BCUT2D eigenvalue weighted by molar-refractivity contribution is -0.139. The highest BCUT2D eigenvalue weighted by Gasteiger charge is 2.35. The molecule has 6 heteroatoms. The number of nitrogens with zero attached hydrogens (tertiary/aromatic N) is 1. The van der Waals surface area contributed by atoms with Crippen molar-refractivity contribution < 1.29 is 22.4 Å². The van der Waals surface area contributed by atoms with Gasteiger partial charge in [0.05, 0.1) is 11.6 Å². The molecule has 102 valence electrons. The maximum atomic E-state index is 13.2. The van der Waals surface area contributed by atoms with E-state index in [-0.39, 0.29) is 17.9 Å². The Labute approximate surface area is 107 Å². The number of anilines is 1. The van der Waals surface area contributed by atoms with Gasteiger partial charge in [0.25, 0.3) is 0 Å². The predicted molar refractivity (Wildman–Crippen MR) is 62.1 cm³/mol. The third-order valence-corrected chi connectivity index (χ3v) is 3.02. The van der Waals surface area contributed by atoms with Gasteiger partial charge in [-0.25, -0.2) is 4.39 Å². The molecule has 1 aromatic carbocycles. The van der Waals surface area contributed by atoms with Crippen molar-refractivity contribution in [1.82, 2.24) is 0 Å². The molecule has 0 fully saturated rings. The minimum atomic E-state index is -4.76. The number of rotatable bonds is 1. The van der Waals surface area contributed by atoms with Crippen LogP contribution in [0.15, 0.2) is 30.5 Å². The molecule has 0 amide bonds. The summed E-state index contributed by atoms with van der Waals surface area (Å²) in [6.07, 6.45) is -1.39. The van der Waals surface area contributed by atoms with Gasteiger partial charge in [-0.15, -0.1) is 0 Å². The monoisotopic (exact) mass is 273 g/mol. The van der Waals surface area contributed by atoms with Crippen molar-refractivity contribution in [2.75, 3.05) is 4.90 Å². The van der Waals surface area contributed by atoms with E-state index in [0.29, 0.717) is 0 Å². The lowest BCUT2D eigenvalue weighted by Crippen LogP contribution is -2.37. The number of hydrogen-bond acceptors (Lipinski definition) is 2. The summed E-state index contributed by atoms with van der Waals surface area (Å²) in [5, 5.41) is 0. The molecule has 0 N–H and O–H groups in total. The largest absolute Gasteiger partial charge is 0.419 e. The molecule has 1 heterocycles. The standard InChI is InChI=1S/C13H11F4NO/c1-8-12(19)3-2-6-18(8)9-4-5-11(14)10(7-9)13(15,16)17/h2,4-8H,3H2,1H3. The van der Waals surface area contributed by atoms with Gasteiger partial charge in [0.2, 0.25) is 0 Å². The van der Waals surface area contributed by atoms with Crippen LogP contribution in [-0.4, -0.2) is 11.8 Å². The van der Waals surface area contributed by atoms with Gasteiger partial charge in [-0.05, 0) is 25.1 Å². The minimum absolute atomic E-state index is 0.0969. The van der Waals surface area contributed by atoms with Crippen LogP contribution < -0.4 is 4.90 Å². The van der Waals surface area contributed by atoms with Crippen LogP contribution in [-0.2, 0) is 11.0 Å². The summed E-state index contributed by atoms with van der Waals surface area (Å²) in [7, 11) is 0. The lowest BCUT2D eigenvalue weighted by Gasteiger charge is -2.30. The molecule has 1 aromatic rings. The van der Waals surface area contributed by atoms with Gasteiger partial charge >= 0.3 is 6.18 Å². The van der Waals surface area contributed by atoms with Crippen molar-refractivity contribution in [3.63, 3.8) is 0 Å². The predicted octanol–water partition coefficient (Wildman–Crippen LogP) is 3.53. The number of hydrogen-bond donors (Lipinski definition) is 0. The Morgan fingerprint density at radius 1 is 1.32 bits per heavy atom. The molecule has 1 aliphatic heterocycles. The Balaban J connectivity index is 2.44. The summed E-state index contributed by atoms with van der Waals surface area (Å²) in [6, 6.07) is 2.15. The highest BCUT2D eigenvalue weighted by Crippen LogP contribution is 2.34. The smallest absolute Gasteiger partial charge is 0.338 e. The second kappa shape index (κ2) is 4.68. The van der Waals surface area contributed by atoms with Crippen LogP contribution in [0.3, 0.4) is 0 Å². The first-order valence-electron chi connectivity index (χ1n) is 5.65. The third-order valence-electron chi connectivity index (χ3n) is 3.02. The summed E-state index contributed by atoms with van der Waals surface area (Å²) < 4.78 is 51.1. The summed E-state index contributed by atoms with van der Waals surface area (Å²) in [5.41, 5.74) is -1.19. The molecule has 2 rings (SSSR count). The molecule has 0 bridgehead atoms. The molecule has 0 saturated heterocycles. The first-order chi connectivity index (χ1) is 8.80. The number of halogens is 4. The number of alkyl halides is 3. The Bertz CT molecular complexity index is 536. The fourth-order valence-electron chi connectivity index (χ4n) is 1.94. The van der Waals surface area contributed by atoms with E-state index in [1.165, 1.54) is 11.0 Å². The molecule has 0 aliphatic carbocycles. The van der Waals surface area contributed by atoms with E-state index in [1.54, 1.807) is 19.2 Å². The zero-order valence-electron chi connectivity index (χ0n) is 10.0. The average molecular weight is 273 g/mol. The van der Waals surface area contributed by atoms with Crippen molar-refractivity contribution in [3.8, 4) is 0 Å². The second-order valence-electron chi connectivity index (χ2n) is 4.30. The van der Waals surface area contributed by atoms with Crippen molar-refractivity contribution in [2.45, 2.75) is 25.6 Å². The molecule has 0 aromatic heterocycles. The van der Waals surface area contributed by atoms with Crippen molar-refractivity contribution in [1.29, 1.82) is 0 Å². The van der Waals surface area contributed by atoms with E-state index in [2.05, 4.69) is 0 Å². The first-order valence-corrected chi connectivity index (χ1v) is 5.65. The fourth-order valence-corrected chi connectivity index (χ4v) is 1.94.